The molecule has 328 valence electrons. The van der Waals surface area contributed by atoms with E-state index >= 15 is 0 Å². The van der Waals surface area contributed by atoms with Crippen LogP contribution in [0.4, 0.5) is 0 Å². The molecule has 2 unspecified atom stereocenters. The van der Waals surface area contributed by atoms with Gasteiger partial charge in [0.2, 0.25) is 23.6 Å². The number of amides is 4. The summed E-state index contributed by atoms with van der Waals surface area (Å²) in [6, 6.07) is 1.07. The summed E-state index contributed by atoms with van der Waals surface area (Å²) in [6.45, 7) is 8.00. The molecule has 4 amide bonds. The van der Waals surface area contributed by atoms with E-state index in [0.717, 1.165) is 0 Å². The third-order valence-corrected chi connectivity index (χ3v) is 10.1. The van der Waals surface area contributed by atoms with Gasteiger partial charge in [0.15, 0.2) is 11.9 Å². The molecule has 1 aromatic carbocycles. The van der Waals surface area contributed by atoms with Crippen LogP contribution in [0, 0.1) is 23.2 Å². The molecule has 1 aliphatic rings. The predicted octanol–water partition coefficient (Wildman–Crippen LogP) is -1.16. The number of carbonyl (C=O) groups is 5. The summed E-state index contributed by atoms with van der Waals surface area (Å²) in [7, 11) is 0. The first kappa shape index (κ1) is 49.5. The summed E-state index contributed by atoms with van der Waals surface area (Å²) in [4.78, 5) is 76.6. The highest BCUT2D eigenvalue weighted by Gasteiger charge is 2.40. The lowest BCUT2D eigenvalue weighted by Gasteiger charge is -2.33. The van der Waals surface area contributed by atoms with Crippen molar-refractivity contribution < 1.29 is 34.2 Å². The molecule has 0 saturated carbocycles. The van der Waals surface area contributed by atoms with Crippen LogP contribution in [0.1, 0.15) is 84.6 Å². The number of hydrogen-bond acceptors (Lipinski definition) is 11. The fourth-order valence-electron chi connectivity index (χ4n) is 6.74. The van der Waals surface area contributed by atoms with Crippen LogP contribution in [0.15, 0.2) is 34.3 Å². The first-order valence-electron chi connectivity index (χ1n) is 20.1. The van der Waals surface area contributed by atoms with Gasteiger partial charge in [0.25, 0.3) is 0 Å². The van der Waals surface area contributed by atoms with Gasteiger partial charge in [0, 0.05) is 19.6 Å². The van der Waals surface area contributed by atoms with E-state index in [4.69, 9.17) is 28.7 Å². The van der Waals surface area contributed by atoms with Gasteiger partial charge in [-0.3, -0.25) is 34.5 Å². The number of guanidine groups is 2. The first-order chi connectivity index (χ1) is 27.9. The highest BCUT2D eigenvalue weighted by atomic mass is 16.4. The molecule has 1 heterocycles. The largest absolute Gasteiger partial charge is 0.508 e. The fraction of sp³-hybridized carbons (Fsp3) is 0.641. The minimum absolute atomic E-state index is 0.0131. The van der Waals surface area contributed by atoms with Crippen LogP contribution in [0.3, 0.4) is 0 Å². The third kappa shape index (κ3) is 17.0. The van der Waals surface area contributed by atoms with E-state index < -0.39 is 71.9 Å². The third-order valence-electron chi connectivity index (χ3n) is 10.1. The van der Waals surface area contributed by atoms with Gasteiger partial charge in [-0.05, 0) is 80.9 Å². The van der Waals surface area contributed by atoms with Crippen molar-refractivity contribution in [3.05, 3.63) is 29.8 Å². The quantitative estimate of drug-likeness (QED) is 0.0315. The van der Waals surface area contributed by atoms with Gasteiger partial charge in [-0.25, -0.2) is 4.79 Å². The van der Waals surface area contributed by atoms with Crippen LogP contribution in [-0.2, 0) is 30.4 Å². The Morgan fingerprint density at radius 3 is 2.05 bits per heavy atom. The number of benzene rings is 1. The van der Waals surface area contributed by atoms with Crippen LogP contribution in [0.5, 0.6) is 5.75 Å². The van der Waals surface area contributed by atoms with Crippen molar-refractivity contribution in [1.82, 2.24) is 26.2 Å². The van der Waals surface area contributed by atoms with Gasteiger partial charge < -0.3 is 59.7 Å². The van der Waals surface area contributed by atoms with Crippen molar-refractivity contribution in [3.63, 3.8) is 0 Å². The van der Waals surface area contributed by atoms with Crippen molar-refractivity contribution in [2.24, 2.45) is 50.5 Å². The second kappa shape index (κ2) is 24.9. The van der Waals surface area contributed by atoms with Crippen molar-refractivity contribution in [2.45, 2.75) is 128 Å². The normalized spacial score (nSPS) is 17.2. The first-order valence-corrected chi connectivity index (χ1v) is 20.1. The average molecular weight is 828 g/mol. The summed E-state index contributed by atoms with van der Waals surface area (Å²) >= 11 is 0. The summed E-state index contributed by atoms with van der Waals surface area (Å²) in [6.07, 6.45) is 2.65. The van der Waals surface area contributed by atoms with Gasteiger partial charge >= 0.3 is 5.97 Å². The number of aromatic hydroxyl groups is 1. The molecule has 0 spiro atoms. The molecule has 0 aromatic heterocycles. The van der Waals surface area contributed by atoms with Gasteiger partial charge in [-0.2, -0.15) is 5.26 Å². The lowest BCUT2D eigenvalue weighted by atomic mass is 9.93. The van der Waals surface area contributed by atoms with E-state index in [0.29, 0.717) is 31.2 Å². The number of nitrogens with one attached hydrogen (secondary N) is 4. The number of carboxylic acids is 1. The maximum absolute atomic E-state index is 14.2. The van der Waals surface area contributed by atoms with Crippen LogP contribution in [0.2, 0.25) is 0 Å². The maximum Gasteiger partial charge on any atom is 0.326 e. The van der Waals surface area contributed by atoms with Crippen molar-refractivity contribution in [3.8, 4) is 11.8 Å². The lowest BCUT2D eigenvalue weighted by Crippen LogP contribution is -2.61. The molecule has 20 nitrogen and oxygen atoms in total. The molecular formula is C39H65N13O7. The summed E-state index contributed by atoms with van der Waals surface area (Å²) in [5.74, 6) is -4.01. The summed E-state index contributed by atoms with van der Waals surface area (Å²) in [5, 5.41) is 41.7. The van der Waals surface area contributed by atoms with Crippen LogP contribution >= 0.6 is 0 Å². The number of nitrogens with two attached hydrogens (primary N) is 5. The van der Waals surface area contributed by atoms with E-state index in [-0.39, 0.29) is 81.2 Å². The summed E-state index contributed by atoms with van der Waals surface area (Å²) < 4.78 is 0. The van der Waals surface area contributed by atoms with E-state index in [2.05, 4.69) is 37.3 Å². The molecule has 8 atom stereocenters. The zero-order valence-corrected chi connectivity index (χ0v) is 34.6. The second-order valence-electron chi connectivity index (χ2n) is 15.4. The average Bonchev–Trinajstić information content (AvgIpc) is 3.68. The Hall–Kier alpha value is -5.68. The number of aliphatic imine (C=N–C) groups is 2. The number of likely N-dealkylation sites (tertiary alicyclic amines) is 1. The highest BCUT2D eigenvalue weighted by molar-refractivity contribution is 5.93. The van der Waals surface area contributed by atoms with Gasteiger partial charge in [0.1, 0.15) is 29.9 Å². The number of aliphatic carboxylic acids is 1. The van der Waals surface area contributed by atoms with Crippen LogP contribution in [0.25, 0.3) is 0 Å². The molecule has 16 N–H and O–H groups in total. The van der Waals surface area contributed by atoms with E-state index in [1.165, 1.54) is 17.0 Å². The molecule has 1 aromatic rings. The Morgan fingerprint density at radius 1 is 0.915 bits per heavy atom. The van der Waals surface area contributed by atoms with Crippen molar-refractivity contribution >= 4 is 41.5 Å². The minimum Gasteiger partial charge on any atom is -0.508 e. The Bertz CT molecular complexity index is 1640. The van der Waals surface area contributed by atoms with E-state index in [1.54, 1.807) is 19.1 Å². The zero-order chi connectivity index (χ0) is 44.2. The number of rotatable bonds is 25. The molecule has 0 radical (unpaired) electrons. The van der Waals surface area contributed by atoms with Crippen molar-refractivity contribution in [2.75, 3.05) is 19.6 Å². The maximum atomic E-state index is 14.2. The molecule has 20 heteroatoms. The number of phenols is 1. The molecule has 0 aliphatic carbocycles. The lowest BCUT2D eigenvalue weighted by molar-refractivity contribution is -0.143. The van der Waals surface area contributed by atoms with Crippen molar-refractivity contribution in [1.29, 1.82) is 5.26 Å². The van der Waals surface area contributed by atoms with Gasteiger partial charge in [0.05, 0.1) is 24.2 Å². The predicted molar refractivity (Wildman–Crippen MR) is 223 cm³/mol. The number of nitriles is 1. The SMILES string of the molecule is CC[C@H](C)[C@H](NC(C#N)[C@H](Cc1ccc(O)cc1)NC(=O)C1CCCN1C(=O)[C@H](CCCN=C(N)N)NC(=O)[C@@H](N)CCCN=C(N)N)C(=O)N[C@@H](CC(C)C)C(=O)O. The fourth-order valence-corrected chi connectivity index (χ4v) is 6.74. The Labute approximate surface area is 346 Å². The Morgan fingerprint density at radius 2 is 1.51 bits per heavy atom. The Kier molecular flexibility index (Phi) is 20.9. The molecule has 0 bridgehead atoms. The standard InChI is InChI=1S/C39H65N13O7/c1-5-23(4)32(35(56)51-29(37(58)59)19-22(2)3)48-30(21-40)28(20-24-12-14-25(53)15-13-24)50-34(55)31-11-8-18-52(31)36(57)27(10-7-17-47-39(44)45)49-33(54)26(41)9-6-16-46-38(42)43/h12-15,22-23,26-32,48,53H,5-11,16-20,41H2,1-4H3,(H,49,54)(H,50,55)(H,51,56)(H,58,59)(H4,42,43,46)(H4,44,45,47)/t23-,26-,27-,28-,29-,30?,31?,32-/m0/s1. The number of carboxylic acid groups (broad SMARTS) is 1. The zero-order valence-electron chi connectivity index (χ0n) is 34.6. The van der Waals surface area contributed by atoms with E-state index in [9.17, 15) is 39.4 Å². The number of nitrogens with zero attached hydrogens (tertiary/aromatic N) is 4. The van der Waals surface area contributed by atoms with Crippen LogP contribution in [-0.4, -0.2) is 119 Å². The second-order valence-corrected chi connectivity index (χ2v) is 15.4. The molecule has 1 aliphatic heterocycles. The van der Waals surface area contributed by atoms with E-state index in [1.807, 2.05) is 20.8 Å². The smallest absolute Gasteiger partial charge is 0.326 e. The Balaban J connectivity index is 2.40. The molecule has 1 fully saturated rings. The molecule has 1 saturated heterocycles. The number of carbonyl (C=O) groups excluding carboxylic acids is 4. The highest BCUT2D eigenvalue weighted by Crippen LogP contribution is 2.22. The summed E-state index contributed by atoms with van der Waals surface area (Å²) in [5.41, 5.74) is 28.5. The van der Waals surface area contributed by atoms with Gasteiger partial charge in [-0.15, -0.1) is 0 Å². The topological polar surface area (TPSA) is 356 Å². The number of phenolic OH excluding ortho intramolecular Hbond substituents is 1. The van der Waals surface area contributed by atoms with Gasteiger partial charge in [-0.1, -0.05) is 46.2 Å². The number of hydrogen-bond donors (Lipinski definition) is 11. The van der Waals surface area contributed by atoms with Crippen LogP contribution < -0.4 is 49.9 Å². The molecular weight excluding hydrogens is 763 g/mol. The molecule has 2 rings (SSSR count). The minimum atomic E-state index is -1.18. The monoisotopic (exact) mass is 828 g/mol. The molecule has 59 heavy (non-hydrogen) atoms.